The number of hydrogen-bond donors (Lipinski definition) is 3. The first-order chi connectivity index (χ1) is 22.3. The summed E-state index contributed by atoms with van der Waals surface area (Å²) in [7, 11) is 4.89. The summed E-state index contributed by atoms with van der Waals surface area (Å²) in [5.41, 5.74) is 1.04. The van der Waals surface area contributed by atoms with Crippen LogP contribution in [-0.2, 0) is 25.6 Å². The Morgan fingerprint density at radius 2 is 1.67 bits per heavy atom. The SMILES string of the molecule is COCCCOC(c1ccccc1)C1CCN(C(=O)C(=O)N[C@@](C)(C2CCCCC2)[C@H](O)CNCc2cc(OC)cc(OC)c2)C1. The number of nitrogens with zero attached hydrogens (tertiary/aromatic N) is 1. The van der Waals surface area contributed by atoms with Gasteiger partial charge in [0.15, 0.2) is 0 Å². The van der Waals surface area contributed by atoms with Gasteiger partial charge in [0.05, 0.1) is 32.0 Å². The summed E-state index contributed by atoms with van der Waals surface area (Å²) in [5, 5.41) is 18.0. The van der Waals surface area contributed by atoms with Crippen molar-refractivity contribution in [2.45, 2.75) is 76.2 Å². The van der Waals surface area contributed by atoms with Gasteiger partial charge in [-0.25, -0.2) is 0 Å². The van der Waals surface area contributed by atoms with Gasteiger partial charge in [-0.05, 0) is 61.8 Å². The Labute approximate surface area is 274 Å². The number of methoxy groups -OCH3 is 3. The topological polar surface area (TPSA) is 119 Å². The number of aliphatic hydroxyl groups excluding tert-OH is 1. The Morgan fingerprint density at radius 1 is 0.978 bits per heavy atom. The first-order valence-corrected chi connectivity index (χ1v) is 16.7. The Kier molecular flexibility index (Phi) is 13.7. The van der Waals surface area contributed by atoms with Crippen molar-refractivity contribution in [1.29, 1.82) is 0 Å². The van der Waals surface area contributed by atoms with E-state index in [1.165, 1.54) is 0 Å². The molecular weight excluding hydrogens is 586 g/mol. The molecule has 2 unspecified atom stereocenters. The fraction of sp³-hybridized carbons (Fsp3) is 0.611. The van der Waals surface area contributed by atoms with E-state index in [1.54, 1.807) is 26.2 Å². The third-order valence-corrected chi connectivity index (χ3v) is 9.66. The van der Waals surface area contributed by atoms with Crippen LogP contribution in [0.5, 0.6) is 11.5 Å². The van der Waals surface area contributed by atoms with Crippen LogP contribution >= 0.6 is 0 Å². The van der Waals surface area contributed by atoms with Crippen LogP contribution < -0.4 is 20.1 Å². The molecule has 0 radical (unpaired) electrons. The number of likely N-dealkylation sites (tertiary alicyclic amines) is 1. The number of rotatable bonds is 16. The van der Waals surface area contributed by atoms with Gasteiger partial charge in [0.1, 0.15) is 11.5 Å². The van der Waals surface area contributed by atoms with Crippen LogP contribution in [0.3, 0.4) is 0 Å². The lowest BCUT2D eigenvalue weighted by molar-refractivity contribution is -0.148. The minimum atomic E-state index is -0.970. The zero-order valence-electron chi connectivity index (χ0n) is 28.0. The second-order valence-electron chi connectivity index (χ2n) is 12.8. The van der Waals surface area contributed by atoms with Crippen molar-refractivity contribution in [3.8, 4) is 11.5 Å². The fourth-order valence-electron chi connectivity index (χ4n) is 6.91. The number of amides is 2. The molecular formula is C36H53N3O7. The molecule has 2 amide bonds. The number of ether oxygens (including phenoxy) is 4. The van der Waals surface area contributed by atoms with Crippen molar-refractivity contribution in [3.05, 3.63) is 59.7 Å². The average molecular weight is 640 g/mol. The average Bonchev–Trinajstić information content (AvgIpc) is 3.58. The van der Waals surface area contributed by atoms with Crippen molar-refractivity contribution in [2.75, 3.05) is 54.2 Å². The van der Waals surface area contributed by atoms with Crippen LogP contribution in [0.25, 0.3) is 0 Å². The number of benzene rings is 2. The Bertz CT molecular complexity index is 1220. The molecule has 10 heteroatoms. The molecule has 10 nitrogen and oxygen atoms in total. The molecule has 0 spiro atoms. The molecule has 1 saturated carbocycles. The maximum absolute atomic E-state index is 13.6. The van der Waals surface area contributed by atoms with Gasteiger partial charge in [0.25, 0.3) is 0 Å². The summed E-state index contributed by atoms with van der Waals surface area (Å²) in [6.45, 7) is 4.69. The summed E-state index contributed by atoms with van der Waals surface area (Å²) in [5.74, 6) is 0.275. The smallest absolute Gasteiger partial charge is 0.311 e. The maximum Gasteiger partial charge on any atom is 0.311 e. The molecule has 0 bridgehead atoms. The van der Waals surface area contributed by atoms with E-state index in [-0.39, 0.29) is 24.5 Å². The van der Waals surface area contributed by atoms with Crippen molar-refractivity contribution in [2.24, 2.45) is 11.8 Å². The number of nitrogens with one attached hydrogen (secondary N) is 2. The highest BCUT2D eigenvalue weighted by Gasteiger charge is 2.44. The van der Waals surface area contributed by atoms with Crippen molar-refractivity contribution in [1.82, 2.24) is 15.5 Å². The van der Waals surface area contributed by atoms with Gasteiger partial charge in [-0.3, -0.25) is 9.59 Å². The second-order valence-corrected chi connectivity index (χ2v) is 12.8. The lowest BCUT2D eigenvalue weighted by Crippen LogP contribution is -2.63. The molecule has 1 aliphatic carbocycles. The van der Waals surface area contributed by atoms with Crippen LogP contribution in [0, 0.1) is 11.8 Å². The van der Waals surface area contributed by atoms with Crippen molar-refractivity contribution >= 4 is 11.8 Å². The van der Waals surface area contributed by atoms with Gasteiger partial charge in [-0.15, -0.1) is 0 Å². The summed E-state index contributed by atoms with van der Waals surface area (Å²) in [4.78, 5) is 28.8. The van der Waals surface area contributed by atoms with E-state index < -0.39 is 23.5 Å². The summed E-state index contributed by atoms with van der Waals surface area (Å²) in [6.07, 6.45) is 5.42. The summed E-state index contributed by atoms with van der Waals surface area (Å²) >= 11 is 0. The van der Waals surface area contributed by atoms with Gasteiger partial charge in [0.2, 0.25) is 0 Å². The Balaban J connectivity index is 1.40. The van der Waals surface area contributed by atoms with E-state index in [0.29, 0.717) is 44.3 Å². The third-order valence-electron chi connectivity index (χ3n) is 9.66. The first kappa shape index (κ1) is 35.7. The standard InChI is InChI=1S/C36H53N3O7/c1-36(29-14-9-6-10-15-29,32(40)24-37-23-26-20-30(44-3)22-31(21-26)45-4)38-34(41)35(42)39-17-16-28(25-39)33(46-19-11-18-43-2)27-12-7-5-8-13-27/h5,7-8,12-13,20-22,28-29,32-33,37,40H,6,9-11,14-19,23-25H2,1-4H3,(H,38,41)/t28?,32-,33?,36+/m1/s1. The molecule has 4 rings (SSSR count). The molecule has 1 heterocycles. The summed E-state index contributed by atoms with van der Waals surface area (Å²) < 4.78 is 22.3. The van der Waals surface area contributed by atoms with E-state index in [4.69, 9.17) is 18.9 Å². The second kappa shape index (κ2) is 17.7. The molecule has 2 fully saturated rings. The minimum absolute atomic E-state index is 0.0565. The van der Waals surface area contributed by atoms with Crippen LogP contribution in [0.15, 0.2) is 48.5 Å². The lowest BCUT2D eigenvalue weighted by atomic mass is 9.72. The predicted molar refractivity (Wildman–Crippen MR) is 177 cm³/mol. The molecule has 0 aromatic heterocycles. The zero-order valence-corrected chi connectivity index (χ0v) is 28.0. The lowest BCUT2D eigenvalue weighted by Gasteiger charge is -2.44. The van der Waals surface area contributed by atoms with E-state index >= 15 is 0 Å². The van der Waals surface area contributed by atoms with E-state index in [9.17, 15) is 14.7 Å². The van der Waals surface area contributed by atoms with Crippen LogP contribution in [-0.4, -0.2) is 87.6 Å². The minimum Gasteiger partial charge on any atom is -0.497 e. The van der Waals surface area contributed by atoms with Gasteiger partial charge in [-0.1, -0.05) is 49.6 Å². The van der Waals surface area contributed by atoms with Crippen LogP contribution in [0.1, 0.15) is 69.1 Å². The number of carbonyl (C=O) groups is 2. The number of aliphatic hydroxyl groups is 1. The number of carbonyl (C=O) groups excluding carboxylic acids is 2. The molecule has 2 aromatic carbocycles. The highest BCUT2D eigenvalue weighted by atomic mass is 16.5. The van der Waals surface area contributed by atoms with Crippen molar-refractivity contribution in [3.63, 3.8) is 0 Å². The van der Waals surface area contributed by atoms with Crippen molar-refractivity contribution < 1.29 is 33.6 Å². The molecule has 2 aliphatic rings. The normalized spacial score (nSPS) is 19.7. The number of hydrogen-bond acceptors (Lipinski definition) is 8. The molecule has 254 valence electrons. The van der Waals surface area contributed by atoms with E-state index in [1.807, 2.05) is 55.5 Å². The molecule has 1 aliphatic heterocycles. The van der Waals surface area contributed by atoms with E-state index in [0.717, 1.165) is 56.1 Å². The quantitative estimate of drug-likeness (QED) is 0.184. The predicted octanol–water partition coefficient (Wildman–Crippen LogP) is 4.25. The Hall–Kier alpha value is -3.18. The van der Waals surface area contributed by atoms with Gasteiger partial charge in [-0.2, -0.15) is 0 Å². The molecule has 3 N–H and O–H groups in total. The molecule has 4 atom stereocenters. The largest absolute Gasteiger partial charge is 0.497 e. The Morgan fingerprint density at radius 3 is 2.33 bits per heavy atom. The highest BCUT2D eigenvalue weighted by Crippen LogP contribution is 2.36. The van der Waals surface area contributed by atoms with Crippen LogP contribution in [0.4, 0.5) is 0 Å². The van der Waals surface area contributed by atoms with Gasteiger partial charge in [0, 0.05) is 58.5 Å². The molecule has 2 aromatic rings. The fourth-order valence-corrected chi connectivity index (χ4v) is 6.91. The zero-order chi connectivity index (χ0) is 32.9. The van der Waals surface area contributed by atoms with Crippen LogP contribution in [0.2, 0.25) is 0 Å². The monoisotopic (exact) mass is 639 g/mol. The summed E-state index contributed by atoms with van der Waals surface area (Å²) in [6, 6.07) is 15.7. The third kappa shape index (κ3) is 9.44. The van der Waals surface area contributed by atoms with Gasteiger partial charge >= 0.3 is 11.8 Å². The molecule has 46 heavy (non-hydrogen) atoms. The van der Waals surface area contributed by atoms with E-state index in [2.05, 4.69) is 10.6 Å². The van der Waals surface area contributed by atoms with Gasteiger partial charge < -0.3 is 39.6 Å². The highest BCUT2D eigenvalue weighted by molar-refractivity contribution is 6.35. The molecule has 1 saturated heterocycles. The maximum atomic E-state index is 13.6. The first-order valence-electron chi connectivity index (χ1n) is 16.7.